The van der Waals surface area contributed by atoms with Crippen LogP contribution in [0.2, 0.25) is 0 Å². The van der Waals surface area contributed by atoms with E-state index in [1.54, 1.807) is 10.9 Å². The van der Waals surface area contributed by atoms with Gasteiger partial charge in [0.2, 0.25) is 0 Å². The van der Waals surface area contributed by atoms with E-state index in [9.17, 15) is 4.39 Å². The van der Waals surface area contributed by atoms with Gasteiger partial charge >= 0.3 is 0 Å². The summed E-state index contributed by atoms with van der Waals surface area (Å²) in [6.07, 6.45) is 1.49. The summed E-state index contributed by atoms with van der Waals surface area (Å²) in [7, 11) is 0. The molecule has 0 bridgehead atoms. The van der Waals surface area contributed by atoms with Gasteiger partial charge in [0.1, 0.15) is 6.17 Å². The van der Waals surface area contributed by atoms with Crippen molar-refractivity contribution in [1.29, 1.82) is 0 Å². The molecule has 2 N–H and O–H groups in total. The highest BCUT2D eigenvalue weighted by Crippen LogP contribution is 2.29. The molecule has 2 aliphatic heterocycles. The summed E-state index contributed by atoms with van der Waals surface area (Å²) in [5, 5.41) is 4.20. The number of rotatable bonds is 2. The third-order valence-electron chi connectivity index (χ3n) is 4.07. The second-order valence-corrected chi connectivity index (χ2v) is 5.19. The van der Waals surface area contributed by atoms with Crippen LogP contribution in [0, 0.1) is 6.92 Å². The zero-order valence-electron chi connectivity index (χ0n) is 10.6. The van der Waals surface area contributed by atoms with E-state index in [-0.39, 0.29) is 6.04 Å². The predicted octanol–water partition coefficient (Wildman–Crippen LogP) is 0.757. The molecule has 5 nitrogen and oxygen atoms in total. The standard InChI is InChI=1S/C12H19FN4O/c1-8-11(14)4-15-17(8)12-2-3-16(5-10(12)13)9-6-18-7-9/h4,9-10,12H,2-3,5-7,14H2,1H3. The van der Waals surface area contributed by atoms with Crippen LogP contribution in [0.1, 0.15) is 18.2 Å². The number of piperidine rings is 1. The van der Waals surface area contributed by atoms with Crippen LogP contribution in [0.15, 0.2) is 6.20 Å². The topological polar surface area (TPSA) is 56.3 Å². The van der Waals surface area contributed by atoms with Crippen molar-refractivity contribution in [2.24, 2.45) is 0 Å². The number of hydrogen-bond donors (Lipinski definition) is 1. The Morgan fingerprint density at radius 3 is 2.78 bits per heavy atom. The fourth-order valence-electron chi connectivity index (χ4n) is 2.73. The Hall–Kier alpha value is -1.14. The first-order valence-corrected chi connectivity index (χ1v) is 6.42. The van der Waals surface area contributed by atoms with Crippen LogP contribution in [0.25, 0.3) is 0 Å². The highest BCUT2D eigenvalue weighted by Gasteiger charge is 2.36. The van der Waals surface area contributed by atoms with E-state index in [0.29, 0.717) is 18.3 Å². The van der Waals surface area contributed by atoms with Crippen molar-refractivity contribution in [3.63, 3.8) is 0 Å². The van der Waals surface area contributed by atoms with Crippen molar-refractivity contribution in [1.82, 2.24) is 14.7 Å². The molecule has 0 spiro atoms. The van der Waals surface area contributed by atoms with Crippen molar-refractivity contribution in [3.05, 3.63) is 11.9 Å². The molecule has 18 heavy (non-hydrogen) atoms. The zero-order valence-corrected chi connectivity index (χ0v) is 10.6. The summed E-state index contributed by atoms with van der Waals surface area (Å²) in [5.41, 5.74) is 7.27. The van der Waals surface area contributed by atoms with Gasteiger partial charge in [0.15, 0.2) is 0 Å². The van der Waals surface area contributed by atoms with Crippen molar-refractivity contribution >= 4 is 5.69 Å². The molecule has 0 radical (unpaired) electrons. The largest absolute Gasteiger partial charge is 0.396 e. The maximum atomic E-state index is 14.3. The van der Waals surface area contributed by atoms with Gasteiger partial charge in [-0.2, -0.15) is 5.10 Å². The van der Waals surface area contributed by atoms with Crippen LogP contribution in [-0.2, 0) is 4.74 Å². The van der Waals surface area contributed by atoms with Crippen LogP contribution in [0.3, 0.4) is 0 Å². The summed E-state index contributed by atoms with van der Waals surface area (Å²) in [6.45, 7) is 4.74. The Labute approximate surface area is 106 Å². The third kappa shape index (κ3) is 1.89. The number of alkyl halides is 1. The van der Waals surface area contributed by atoms with Gasteiger partial charge in [-0.1, -0.05) is 0 Å². The number of anilines is 1. The number of likely N-dealkylation sites (tertiary alicyclic amines) is 1. The van der Waals surface area contributed by atoms with Crippen LogP contribution in [0.5, 0.6) is 0 Å². The number of aromatic nitrogens is 2. The molecule has 2 unspecified atom stereocenters. The summed E-state index contributed by atoms with van der Waals surface area (Å²) in [6, 6.07) is 0.229. The lowest BCUT2D eigenvalue weighted by Gasteiger charge is -2.42. The van der Waals surface area contributed by atoms with Crippen molar-refractivity contribution in [2.45, 2.75) is 31.6 Å². The second-order valence-electron chi connectivity index (χ2n) is 5.19. The number of ether oxygens (including phenoxy) is 1. The van der Waals surface area contributed by atoms with Crippen LogP contribution >= 0.6 is 0 Å². The summed E-state index contributed by atoms with van der Waals surface area (Å²) >= 11 is 0. The average Bonchev–Trinajstić information content (AvgIpc) is 2.58. The summed E-state index contributed by atoms with van der Waals surface area (Å²) < 4.78 is 21.2. The van der Waals surface area contributed by atoms with E-state index in [4.69, 9.17) is 10.5 Å². The van der Waals surface area contributed by atoms with Gasteiger partial charge in [-0.25, -0.2) is 4.39 Å². The van der Waals surface area contributed by atoms with Crippen molar-refractivity contribution in [2.75, 3.05) is 32.0 Å². The smallest absolute Gasteiger partial charge is 0.135 e. The summed E-state index contributed by atoms with van der Waals surface area (Å²) in [4.78, 5) is 2.19. The Balaban J connectivity index is 1.70. The lowest BCUT2D eigenvalue weighted by Crippen LogP contribution is -2.55. The van der Waals surface area contributed by atoms with Gasteiger partial charge in [-0.15, -0.1) is 0 Å². The summed E-state index contributed by atoms with van der Waals surface area (Å²) in [5.74, 6) is 0. The molecule has 0 aromatic carbocycles. The minimum atomic E-state index is -0.891. The zero-order chi connectivity index (χ0) is 12.7. The highest BCUT2D eigenvalue weighted by molar-refractivity contribution is 5.40. The fraction of sp³-hybridized carbons (Fsp3) is 0.750. The lowest BCUT2D eigenvalue weighted by atomic mass is 10.0. The SMILES string of the molecule is Cc1c(N)cnn1C1CCN(C2COC2)CC1F. The minimum absolute atomic E-state index is 0.181. The van der Waals surface area contributed by atoms with Crippen LogP contribution < -0.4 is 5.73 Å². The molecule has 0 saturated carbocycles. The first-order valence-electron chi connectivity index (χ1n) is 6.42. The van der Waals surface area contributed by atoms with Gasteiger partial charge in [-0.3, -0.25) is 9.58 Å². The Bertz CT molecular complexity index is 432. The normalized spacial score (nSPS) is 30.3. The van der Waals surface area contributed by atoms with E-state index >= 15 is 0 Å². The molecule has 6 heteroatoms. The predicted molar refractivity (Wildman–Crippen MR) is 66.1 cm³/mol. The lowest BCUT2D eigenvalue weighted by molar-refractivity contribution is -0.0848. The fourth-order valence-corrected chi connectivity index (χ4v) is 2.73. The van der Waals surface area contributed by atoms with E-state index in [2.05, 4.69) is 10.00 Å². The Morgan fingerprint density at radius 2 is 2.28 bits per heavy atom. The highest BCUT2D eigenvalue weighted by atomic mass is 19.1. The Morgan fingerprint density at radius 1 is 1.50 bits per heavy atom. The van der Waals surface area contributed by atoms with E-state index in [0.717, 1.165) is 31.9 Å². The molecular weight excluding hydrogens is 235 g/mol. The third-order valence-corrected chi connectivity index (χ3v) is 4.07. The van der Waals surface area contributed by atoms with Gasteiger partial charge in [-0.05, 0) is 13.3 Å². The second kappa shape index (κ2) is 4.51. The number of halogens is 1. The van der Waals surface area contributed by atoms with E-state index in [1.807, 2.05) is 6.92 Å². The molecule has 2 saturated heterocycles. The molecule has 3 heterocycles. The number of nitrogens with two attached hydrogens (primary N) is 1. The van der Waals surface area contributed by atoms with E-state index in [1.165, 1.54) is 0 Å². The molecule has 1 aromatic rings. The number of hydrogen-bond acceptors (Lipinski definition) is 4. The minimum Gasteiger partial charge on any atom is -0.396 e. The molecule has 100 valence electrons. The van der Waals surface area contributed by atoms with Gasteiger partial charge in [0, 0.05) is 13.1 Å². The molecule has 1 aromatic heterocycles. The van der Waals surface area contributed by atoms with Crippen molar-refractivity contribution < 1.29 is 9.13 Å². The molecule has 0 amide bonds. The van der Waals surface area contributed by atoms with Gasteiger partial charge in [0.05, 0.1) is 42.9 Å². The maximum absolute atomic E-state index is 14.3. The molecule has 0 aliphatic carbocycles. The number of nitrogens with zero attached hydrogens (tertiary/aromatic N) is 3. The molecule has 3 rings (SSSR count). The van der Waals surface area contributed by atoms with Crippen LogP contribution in [0.4, 0.5) is 10.1 Å². The van der Waals surface area contributed by atoms with Gasteiger partial charge < -0.3 is 10.5 Å². The van der Waals surface area contributed by atoms with Crippen molar-refractivity contribution in [3.8, 4) is 0 Å². The molecular formula is C12H19FN4O. The number of nitrogen functional groups attached to an aromatic ring is 1. The van der Waals surface area contributed by atoms with E-state index < -0.39 is 6.17 Å². The Kier molecular flexibility index (Phi) is 2.99. The maximum Gasteiger partial charge on any atom is 0.135 e. The monoisotopic (exact) mass is 254 g/mol. The quantitative estimate of drug-likeness (QED) is 0.846. The first-order chi connectivity index (χ1) is 8.66. The molecule has 2 fully saturated rings. The molecule has 2 atom stereocenters. The van der Waals surface area contributed by atoms with Gasteiger partial charge in [0.25, 0.3) is 0 Å². The van der Waals surface area contributed by atoms with Crippen LogP contribution in [-0.4, -0.2) is 53.2 Å². The average molecular weight is 254 g/mol. The first kappa shape index (κ1) is 11.9. The molecule has 2 aliphatic rings.